The van der Waals surface area contributed by atoms with Gasteiger partial charge < -0.3 is 4.57 Å². The minimum Gasteiger partial charge on any atom is -0.318 e. The van der Waals surface area contributed by atoms with E-state index < -0.39 is 0 Å². The number of amidine groups is 2. The van der Waals surface area contributed by atoms with E-state index in [4.69, 9.17) is 5.41 Å². The lowest BCUT2D eigenvalue weighted by atomic mass is 10.1. The first-order valence-corrected chi connectivity index (χ1v) is 9.16. The molecule has 130 valence electrons. The third kappa shape index (κ3) is 2.54. The molecule has 1 N–H and O–H groups in total. The van der Waals surface area contributed by atoms with Gasteiger partial charge in [-0.25, -0.2) is 0 Å². The maximum Gasteiger partial charge on any atom is 0.283 e. The number of carbonyl (C=O) groups excluding carboxylic acids is 1. The Morgan fingerprint density at radius 2 is 1.96 bits per heavy atom. The maximum absolute atomic E-state index is 12.4. The Hall–Kier alpha value is -2.86. The fourth-order valence-electron chi connectivity index (χ4n) is 3.31. The molecule has 0 atom stereocenters. The van der Waals surface area contributed by atoms with Crippen molar-refractivity contribution in [1.82, 2.24) is 9.47 Å². The Kier molecular flexibility index (Phi) is 3.92. The SMILES string of the molecule is Cc1ccccc1-n1c(C)cc(C=C2C(=N)N3C=CSC3=NC2=O)c1C. The van der Waals surface area contributed by atoms with Crippen LogP contribution in [0.3, 0.4) is 0 Å². The Balaban J connectivity index is 1.81. The lowest BCUT2D eigenvalue weighted by Crippen LogP contribution is -2.35. The zero-order valence-electron chi connectivity index (χ0n) is 14.8. The quantitative estimate of drug-likeness (QED) is 0.815. The van der Waals surface area contributed by atoms with Crippen LogP contribution in [0.1, 0.15) is 22.5 Å². The fourth-order valence-corrected chi connectivity index (χ4v) is 4.01. The largest absolute Gasteiger partial charge is 0.318 e. The third-order valence-corrected chi connectivity index (χ3v) is 5.40. The average Bonchev–Trinajstić information content (AvgIpc) is 3.17. The van der Waals surface area contributed by atoms with Gasteiger partial charge in [-0.1, -0.05) is 30.0 Å². The molecule has 0 unspecified atom stereocenters. The molecule has 6 heteroatoms. The van der Waals surface area contributed by atoms with E-state index in [-0.39, 0.29) is 11.7 Å². The number of hydrogen-bond acceptors (Lipinski definition) is 3. The van der Waals surface area contributed by atoms with E-state index in [0.717, 1.165) is 22.6 Å². The Labute approximate surface area is 156 Å². The highest BCUT2D eigenvalue weighted by atomic mass is 32.2. The monoisotopic (exact) mass is 362 g/mol. The zero-order valence-corrected chi connectivity index (χ0v) is 15.6. The summed E-state index contributed by atoms with van der Waals surface area (Å²) >= 11 is 1.35. The number of nitrogens with one attached hydrogen (secondary N) is 1. The molecule has 2 aliphatic rings. The van der Waals surface area contributed by atoms with Crippen LogP contribution in [0, 0.1) is 26.2 Å². The number of fused-ring (bicyclic) bond motifs is 1. The number of nitrogens with zero attached hydrogens (tertiary/aromatic N) is 3. The summed E-state index contributed by atoms with van der Waals surface area (Å²) in [4.78, 5) is 18.1. The summed E-state index contributed by atoms with van der Waals surface area (Å²) in [5.41, 5.74) is 5.66. The lowest BCUT2D eigenvalue weighted by Gasteiger charge is -2.22. The van der Waals surface area contributed by atoms with E-state index in [2.05, 4.69) is 28.6 Å². The predicted octanol–water partition coefficient (Wildman–Crippen LogP) is 4.18. The predicted molar refractivity (Wildman–Crippen MR) is 107 cm³/mol. The van der Waals surface area contributed by atoms with Crippen molar-refractivity contribution in [2.45, 2.75) is 20.8 Å². The molecule has 1 amide bonds. The number of hydrogen-bond donors (Lipinski definition) is 1. The highest BCUT2D eigenvalue weighted by Crippen LogP contribution is 2.29. The van der Waals surface area contributed by atoms with Crippen molar-refractivity contribution in [3.05, 3.63) is 70.0 Å². The first kappa shape index (κ1) is 16.6. The number of aryl methyl sites for hydroxylation is 2. The highest BCUT2D eigenvalue weighted by molar-refractivity contribution is 8.16. The number of thioether (sulfide) groups is 1. The summed E-state index contributed by atoms with van der Waals surface area (Å²) in [6, 6.07) is 10.3. The zero-order chi connectivity index (χ0) is 18.4. The van der Waals surface area contributed by atoms with Gasteiger partial charge in [0.25, 0.3) is 5.91 Å². The molecule has 1 aromatic carbocycles. The van der Waals surface area contributed by atoms with Crippen LogP contribution < -0.4 is 0 Å². The summed E-state index contributed by atoms with van der Waals surface area (Å²) < 4.78 is 2.18. The van der Waals surface area contributed by atoms with Gasteiger partial charge in [0.15, 0.2) is 5.17 Å². The highest BCUT2D eigenvalue weighted by Gasteiger charge is 2.31. The number of rotatable bonds is 2. The van der Waals surface area contributed by atoms with E-state index in [1.807, 2.05) is 37.5 Å². The molecular formula is C20H18N4OS. The van der Waals surface area contributed by atoms with E-state index in [0.29, 0.717) is 10.7 Å². The van der Waals surface area contributed by atoms with E-state index in [9.17, 15) is 4.79 Å². The van der Waals surface area contributed by atoms with Crippen LogP contribution in [-0.4, -0.2) is 26.4 Å². The molecule has 26 heavy (non-hydrogen) atoms. The van der Waals surface area contributed by atoms with Gasteiger partial charge in [0.05, 0.1) is 5.57 Å². The van der Waals surface area contributed by atoms with Gasteiger partial charge in [-0.05, 0) is 55.5 Å². The Morgan fingerprint density at radius 1 is 1.19 bits per heavy atom. The minimum absolute atomic E-state index is 0.168. The minimum atomic E-state index is -0.363. The number of aliphatic imine (C=N–C) groups is 1. The molecular weight excluding hydrogens is 344 g/mol. The third-order valence-electron chi connectivity index (χ3n) is 4.64. The number of amides is 1. The molecule has 0 bridgehead atoms. The van der Waals surface area contributed by atoms with Crippen molar-refractivity contribution in [1.29, 1.82) is 5.41 Å². The van der Waals surface area contributed by atoms with Crippen molar-refractivity contribution < 1.29 is 4.79 Å². The van der Waals surface area contributed by atoms with Crippen LogP contribution in [0.5, 0.6) is 0 Å². The van der Waals surface area contributed by atoms with Crippen molar-refractivity contribution in [3.8, 4) is 5.69 Å². The normalized spacial score (nSPS) is 17.9. The van der Waals surface area contributed by atoms with Crippen LogP contribution in [0.25, 0.3) is 11.8 Å². The fraction of sp³-hybridized carbons (Fsp3) is 0.150. The van der Waals surface area contributed by atoms with Crippen LogP contribution in [0.4, 0.5) is 0 Å². The maximum atomic E-state index is 12.4. The molecule has 0 saturated carbocycles. The van der Waals surface area contributed by atoms with E-state index >= 15 is 0 Å². The van der Waals surface area contributed by atoms with Gasteiger partial charge in [0.2, 0.25) is 0 Å². The van der Waals surface area contributed by atoms with Crippen molar-refractivity contribution in [2.75, 3.05) is 0 Å². The smallest absolute Gasteiger partial charge is 0.283 e. The Bertz CT molecular complexity index is 1040. The van der Waals surface area contributed by atoms with Crippen LogP contribution in [-0.2, 0) is 4.79 Å². The van der Waals surface area contributed by atoms with Gasteiger partial charge in [-0.2, -0.15) is 4.99 Å². The molecule has 1 aromatic heterocycles. The summed E-state index contributed by atoms with van der Waals surface area (Å²) in [6.45, 7) is 6.16. The van der Waals surface area contributed by atoms with Gasteiger partial charge in [-0.15, -0.1) is 0 Å². The number of aromatic nitrogens is 1. The number of benzene rings is 1. The molecule has 0 spiro atoms. The Morgan fingerprint density at radius 3 is 2.73 bits per heavy atom. The van der Waals surface area contributed by atoms with Gasteiger partial charge >= 0.3 is 0 Å². The first-order chi connectivity index (χ1) is 12.5. The van der Waals surface area contributed by atoms with Crippen molar-refractivity contribution >= 4 is 34.7 Å². The number of para-hydroxylation sites is 1. The molecule has 2 aliphatic heterocycles. The molecule has 3 heterocycles. The average molecular weight is 362 g/mol. The molecule has 0 fully saturated rings. The molecule has 0 saturated heterocycles. The second-order valence-electron chi connectivity index (χ2n) is 6.33. The molecule has 0 radical (unpaired) electrons. The second-order valence-corrected chi connectivity index (χ2v) is 7.20. The van der Waals surface area contributed by atoms with E-state index in [1.165, 1.54) is 17.3 Å². The summed E-state index contributed by atoms with van der Waals surface area (Å²) in [5, 5.41) is 10.7. The van der Waals surface area contributed by atoms with Gasteiger partial charge in [-0.3, -0.25) is 15.1 Å². The standard InChI is InChI=1S/C20H18N4OS/c1-12-6-4-5-7-17(12)24-13(2)10-15(14(24)3)11-16-18(21)23-8-9-26-20(23)22-19(16)25/h4-11,21H,1-3H3. The van der Waals surface area contributed by atoms with Crippen LogP contribution in [0.15, 0.2) is 52.5 Å². The second kappa shape index (κ2) is 6.14. The lowest BCUT2D eigenvalue weighted by molar-refractivity contribution is -0.114. The van der Waals surface area contributed by atoms with Gasteiger partial charge in [0.1, 0.15) is 5.84 Å². The van der Waals surface area contributed by atoms with Gasteiger partial charge in [0, 0.05) is 23.3 Å². The molecule has 5 nitrogen and oxygen atoms in total. The molecule has 4 rings (SSSR count). The molecule has 0 aliphatic carbocycles. The summed E-state index contributed by atoms with van der Waals surface area (Å²) in [5.74, 6) is -0.194. The number of carbonyl (C=O) groups is 1. The summed E-state index contributed by atoms with van der Waals surface area (Å²) in [7, 11) is 0. The first-order valence-electron chi connectivity index (χ1n) is 8.28. The summed E-state index contributed by atoms with van der Waals surface area (Å²) in [6.07, 6.45) is 3.54. The van der Waals surface area contributed by atoms with Crippen molar-refractivity contribution in [3.63, 3.8) is 0 Å². The van der Waals surface area contributed by atoms with Crippen molar-refractivity contribution in [2.24, 2.45) is 4.99 Å². The molecule has 2 aromatic rings. The van der Waals surface area contributed by atoms with Crippen LogP contribution >= 0.6 is 11.8 Å². The van der Waals surface area contributed by atoms with Crippen LogP contribution in [0.2, 0.25) is 0 Å². The van der Waals surface area contributed by atoms with E-state index in [1.54, 1.807) is 17.2 Å². The topological polar surface area (TPSA) is 61.5 Å².